The predicted molar refractivity (Wildman–Crippen MR) is 70.4 cm³/mol. The third-order valence-corrected chi connectivity index (χ3v) is 7.09. The van der Waals surface area contributed by atoms with Gasteiger partial charge >= 0.3 is 0 Å². The van der Waals surface area contributed by atoms with Gasteiger partial charge in [0, 0.05) is 15.9 Å². The highest BCUT2D eigenvalue weighted by Gasteiger charge is 2.35. The third kappa shape index (κ3) is 2.34. The van der Waals surface area contributed by atoms with Crippen LogP contribution in [0.2, 0.25) is 0 Å². The smallest absolute Gasteiger partial charge is 0.155 e. The summed E-state index contributed by atoms with van der Waals surface area (Å²) in [5.74, 6) is 0.285. The van der Waals surface area contributed by atoms with E-state index in [1.165, 1.54) is 11.3 Å². The van der Waals surface area contributed by atoms with Gasteiger partial charge in [-0.2, -0.15) is 11.3 Å². The van der Waals surface area contributed by atoms with Crippen molar-refractivity contribution in [3.05, 3.63) is 20.8 Å². The second kappa shape index (κ2) is 4.76. The van der Waals surface area contributed by atoms with Gasteiger partial charge in [-0.3, -0.25) is 0 Å². The molecule has 0 radical (unpaired) electrons. The first-order valence-electron chi connectivity index (χ1n) is 5.21. The molecule has 0 aliphatic carbocycles. The van der Waals surface area contributed by atoms with E-state index in [4.69, 9.17) is 5.73 Å². The maximum absolute atomic E-state index is 11.9. The fourth-order valence-electron chi connectivity index (χ4n) is 2.11. The summed E-state index contributed by atoms with van der Waals surface area (Å²) in [5, 5.41) is 3.45. The zero-order chi connectivity index (χ0) is 11.8. The van der Waals surface area contributed by atoms with Crippen LogP contribution in [0.15, 0.2) is 15.2 Å². The molecule has 6 heteroatoms. The molecule has 1 aromatic heterocycles. The minimum Gasteiger partial charge on any atom is -0.323 e. The molecule has 0 amide bonds. The van der Waals surface area contributed by atoms with Crippen LogP contribution < -0.4 is 5.73 Å². The van der Waals surface area contributed by atoms with E-state index in [0.717, 1.165) is 22.9 Å². The molecule has 2 unspecified atom stereocenters. The van der Waals surface area contributed by atoms with E-state index in [9.17, 15) is 8.42 Å². The van der Waals surface area contributed by atoms with Gasteiger partial charge in [0.15, 0.2) is 9.84 Å². The Balaban J connectivity index is 2.28. The Labute approximate surface area is 108 Å². The number of halogens is 1. The Morgan fingerprint density at radius 1 is 1.44 bits per heavy atom. The van der Waals surface area contributed by atoms with E-state index in [-0.39, 0.29) is 5.75 Å². The lowest BCUT2D eigenvalue weighted by Gasteiger charge is -2.27. The van der Waals surface area contributed by atoms with Crippen molar-refractivity contribution in [1.29, 1.82) is 0 Å². The molecule has 90 valence electrons. The number of nitrogens with two attached hydrogens (primary N) is 1. The van der Waals surface area contributed by atoms with Crippen LogP contribution in [-0.2, 0) is 9.84 Å². The number of thiophene rings is 1. The number of hydrogen-bond acceptors (Lipinski definition) is 4. The molecule has 1 aromatic rings. The second-order valence-corrected chi connectivity index (χ2v) is 8.04. The van der Waals surface area contributed by atoms with Crippen LogP contribution in [0, 0.1) is 0 Å². The number of sulfone groups is 1. The molecule has 1 saturated heterocycles. The summed E-state index contributed by atoms with van der Waals surface area (Å²) in [6.45, 7) is 0. The molecule has 1 aliphatic rings. The highest BCUT2D eigenvalue weighted by Crippen LogP contribution is 2.34. The van der Waals surface area contributed by atoms with Gasteiger partial charge in [-0.15, -0.1) is 0 Å². The Morgan fingerprint density at radius 2 is 2.19 bits per heavy atom. The minimum absolute atomic E-state index is 0.285. The summed E-state index contributed by atoms with van der Waals surface area (Å²) in [7, 11) is -3.01. The van der Waals surface area contributed by atoms with Crippen LogP contribution in [0.3, 0.4) is 0 Å². The molecule has 0 aromatic carbocycles. The van der Waals surface area contributed by atoms with Crippen LogP contribution >= 0.6 is 27.3 Å². The monoisotopic (exact) mass is 323 g/mol. The fraction of sp³-hybridized carbons (Fsp3) is 0.600. The Kier molecular flexibility index (Phi) is 3.73. The Bertz CT molecular complexity index is 469. The molecular weight excluding hydrogens is 310 g/mol. The van der Waals surface area contributed by atoms with Crippen LogP contribution in [0.4, 0.5) is 0 Å². The molecule has 16 heavy (non-hydrogen) atoms. The highest BCUT2D eigenvalue weighted by molar-refractivity contribution is 9.10. The van der Waals surface area contributed by atoms with Crippen molar-refractivity contribution in [2.24, 2.45) is 5.73 Å². The van der Waals surface area contributed by atoms with Crippen LogP contribution in [0.25, 0.3) is 0 Å². The summed E-state index contributed by atoms with van der Waals surface area (Å²) < 4.78 is 24.8. The van der Waals surface area contributed by atoms with Crippen molar-refractivity contribution in [2.75, 3.05) is 5.75 Å². The van der Waals surface area contributed by atoms with Gasteiger partial charge in [-0.25, -0.2) is 8.42 Å². The lowest BCUT2D eigenvalue weighted by molar-refractivity contribution is 0.504. The summed E-state index contributed by atoms with van der Waals surface area (Å²) in [6.07, 6.45) is 2.42. The van der Waals surface area contributed by atoms with Gasteiger partial charge in [-0.1, -0.05) is 6.42 Å². The minimum atomic E-state index is -3.01. The largest absolute Gasteiger partial charge is 0.323 e. The van der Waals surface area contributed by atoms with Crippen molar-refractivity contribution in [2.45, 2.75) is 30.6 Å². The summed E-state index contributed by atoms with van der Waals surface area (Å²) in [5.41, 5.74) is 7.01. The molecule has 0 spiro atoms. The van der Waals surface area contributed by atoms with Gasteiger partial charge in [0.1, 0.15) is 0 Å². The number of hydrogen-bond donors (Lipinski definition) is 1. The first kappa shape index (κ1) is 12.5. The van der Waals surface area contributed by atoms with Gasteiger partial charge in [0.2, 0.25) is 0 Å². The molecule has 1 fully saturated rings. The molecule has 2 atom stereocenters. The first-order chi connectivity index (χ1) is 7.52. The summed E-state index contributed by atoms with van der Waals surface area (Å²) in [4.78, 5) is 0. The van der Waals surface area contributed by atoms with Crippen LogP contribution in [0.5, 0.6) is 0 Å². The lowest BCUT2D eigenvalue weighted by Crippen LogP contribution is -2.37. The molecule has 2 rings (SSSR count). The predicted octanol–water partition coefficient (Wildman–Crippen LogP) is 2.48. The van der Waals surface area contributed by atoms with Crippen molar-refractivity contribution >= 4 is 37.1 Å². The quantitative estimate of drug-likeness (QED) is 0.909. The van der Waals surface area contributed by atoms with E-state index in [2.05, 4.69) is 15.9 Å². The summed E-state index contributed by atoms with van der Waals surface area (Å²) in [6, 6.07) is -0.397. The van der Waals surface area contributed by atoms with Gasteiger partial charge in [-0.05, 0) is 39.7 Å². The average Bonchev–Trinajstić information content (AvgIpc) is 2.63. The van der Waals surface area contributed by atoms with E-state index in [1.54, 1.807) is 0 Å². The topological polar surface area (TPSA) is 60.2 Å². The van der Waals surface area contributed by atoms with E-state index in [1.807, 2.05) is 10.8 Å². The number of rotatable bonds is 2. The van der Waals surface area contributed by atoms with E-state index < -0.39 is 21.1 Å². The normalized spacial score (nSPS) is 26.5. The molecule has 2 N–H and O–H groups in total. The summed E-state index contributed by atoms with van der Waals surface area (Å²) >= 11 is 4.94. The third-order valence-electron chi connectivity index (χ3n) is 3.03. The second-order valence-electron chi connectivity index (χ2n) is 4.10. The average molecular weight is 324 g/mol. The first-order valence-corrected chi connectivity index (χ1v) is 8.66. The van der Waals surface area contributed by atoms with Crippen molar-refractivity contribution in [1.82, 2.24) is 0 Å². The lowest BCUT2D eigenvalue weighted by atomic mass is 10.0. The van der Waals surface area contributed by atoms with E-state index >= 15 is 0 Å². The zero-order valence-electron chi connectivity index (χ0n) is 8.73. The zero-order valence-corrected chi connectivity index (χ0v) is 11.9. The molecule has 0 saturated carbocycles. The molecule has 3 nitrogen and oxygen atoms in total. The fourth-order valence-corrected chi connectivity index (χ4v) is 5.75. The van der Waals surface area contributed by atoms with Crippen molar-refractivity contribution in [3.63, 3.8) is 0 Å². The van der Waals surface area contributed by atoms with Gasteiger partial charge in [0.25, 0.3) is 0 Å². The van der Waals surface area contributed by atoms with E-state index in [0.29, 0.717) is 6.42 Å². The standard InChI is InChI=1S/C10H14BrNO2S2/c11-8-6-15-5-7(8)10(12)9-3-1-2-4-16(9,13)14/h5-6,9-10H,1-4,12H2. The van der Waals surface area contributed by atoms with Crippen molar-refractivity contribution in [3.8, 4) is 0 Å². The van der Waals surface area contributed by atoms with Crippen molar-refractivity contribution < 1.29 is 8.42 Å². The SMILES string of the molecule is NC(c1cscc1Br)C1CCCCS1(=O)=O. The van der Waals surface area contributed by atoms with Gasteiger partial charge < -0.3 is 5.73 Å². The molecular formula is C10H14BrNO2S2. The highest BCUT2D eigenvalue weighted by atomic mass is 79.9. The van der Waals surface area contributed by atoms with Crippen LogP contribution in [0.1, 0.15) is 30.9 Å². The molecule has 2 heterocycles. The Morgan fingerprint density at radius 3 is 2.75 bits per heavy atom. The van der Waals surface area contributed by atoms with Crippen LogP contribution in [-0.4, -0.2) is 19.4 Å². The maximum Gasteiger partial charge on any atom is 0.155 e. The molecule has 0 bridgehead atoms. The maximum atomic E-state index is 11.9. The Hall–Kier alpha value is 0.0900. The molecule has 1 aliphatic heterocycles. The van der Waals surface area contributed by atoms with Gasteiger partial charge in [0.05, 0.1) is 11.0 Å².